The highest BCUT2D eigenvalue weighted by molar-refractivity contribution is 6.09. The van der Waals surface area contributed by atoms with Gasteiger partial charge in [0.25, 0.3) is 0 Å². The van der Waals surface area contributed by atoms with Gasteiger partial charge in [0.2, 0.25) is 0 Å². The van der Waals surface area contributed by atoms with Crippen LogP contribution in [0.25, 0.3) is 49.7 Å². The first-order chi connectivity index (χ1) is 28.3. The van der Waals surface area contributed by atoms with Gasteiger partial charge in [-0.15, -0.1) is 0 Å². The molecule has 0 spiro atoms. The Hall–Kier alpha value is -5.86. The van der Waals surface area contributed by atoms with Crippen LogP contribution in [0.15, 0.2) is 164 Å². The van der Waals surface area contributed by atoms with Crippen molar-refractivity contribution in [3.63, 3.8) is 0 Å². The molecule has 2 atom stereocenters. The first-order valence-electron chi connectivity index (χ1n) is 21.6. The SMILES string of the molecule is C[C@H]1CC2C[C@H](C)CC(c3ccc(N(c4ccc(-c5ccccc5-n5c6ccccc6c6ccccc65)cc4)c4ccc5c(c4)C(C)(C)c4ccccc4-5)cc3)(C2)C1. The Morgan fingerprint density at radius 2 is 1.03 bits per heavy atom. The second-order valence-electron chi connectivity index (χ2n) is 18.7. The van der Waals surface area contributed by atoms with E-state index < -0.39 is 0 Å². The zero-order chi connectivity index (χ0) is 39.2. The minimum Gasteiger partial charge on any atom is -0.310 e. The van der Waals surface area contributed by atoms with Gasteiger partial charge in [0, 0.05) is 38.8 Å². The van der Waals surface area contributed by atoms with Crippen molar-refractivity contribution in [1.82, 2.24) is 4.57 Å². The molecule has 7 aromatic carbocycles. The maximum atomic E-state index is 2.49. The quantitative estimate of drug-likeness (QED) is 0.164. The number of para-hydroxylation sites is 3. The van der Waals surface area contributed by atoms with Crippen LogP contribution in [0.1, 0.15) is 76.5 Å². The molecule has 2 fully saturated rings. The van der Waals surface area contributed by atoms with Crippen LogP contribution in [0.2, 0.25) is 0 Å². The third-order valence-corrected chi connectivity index (χ3v) is 14.4. The van der Waals surface area contributed by atoms with Crippen LogP contribution in [0, 0.1) is 17.8 Å². The fraction of sp³-hybridized carbons (Fsp3) is 0.250. The van der Waals surface area contributed by atoms with Gasteiger partial charge in [-0.05, 0) is 143 Å². The molecule has 286 valence electrons. The zero-order valence-corrected chi connectivity index (χ0v) is 34.3. The van der Waals surface area contributed by atoms with E-state index in [4.69, 9.17) is 0 Å². The van der Waals surface area contributed by atoms with Crippen molar-refractivity contribution < 1.29 is 0 Å². The van der Waals surface area contributed by atoms with Crippen molar-refractivity contribution in [2.24, 2.45) is 17.8 Å². The molecule has 0 amide bonds. The second-order valence-corrected chi connectivity index (χ2v) is 18.7. The van der Waals surface area contributed by atoms with E-state index in [1.807, 2.05) is 0 Å². The molecule has 3 aliphatic carbocycles. The van der Waals surface area contributed by atoms with Gasteiger partial charge >= 0.3 is 0 Å². The van der Waals surface area contributed by atoms with Crippen LogP contribution >= 0.6 is 0 Å². The van der Waals surface area contributed by atoms with E-state index in [0.717, 1.165) is 23.4 Å². The van der Waals surface area contributed by atoms with Gasteiger partial charge in [0.05, 0.1) is 16.7 Å². The predicted octanol–water partition coefficient (Wildman–Crippen LogP) is 15.3. The van der Waals surface area contributed by atoms with Crippen molar-refractivity contribution in [3.05, 3.63) is 180 Å². The summed E-state index contributed by atoms with van der Waals surface area (Å²) in [6.07, 6.45) is 6.78. The van der Waals surface area contributed by atoms with Crippen LogP contribution in [-0.2, 0) is 10.8 Å². The van der Waals surface area contributed by atoms with Crippen molar-refractivity contribution in [2.75, 3.05) is 4.90 Å². The molecular weight excluding hydrogens is 701 g/mol. The Labute approximate surface area is 343 Å². The molecule has 3 aliphatic rings. The topological polar surface area (TPSA) is 8.17 Å². The molecule has 0 unspecified atom stereocenters. The molecule has 8 aromatic rings. The molecule has 58 heavy (non-hydrogen) atoms. The number of anilines is 3. The lowest BCUT2D eigenvalue weighted by molar-refractivity contribution is 0.0780. The molecule has 2 bridgehead atoms. The highest BCUT2D eigenvalue weighted by Gasteiger charge is 2.45. The molecule has 2 nitrogen and oxygen atoms in total. The summed E-state index contributed by atoms with van der Waals surface area (Å²) < 4.78 is 2.44. The van der Waals surface area contributed by atoms with Gasteiger partial charge in [0.1, 0.15) is 0 Å². The average molecular weight is 753 g/mol. The first-order valence-corrected chi connectivity index (χ1v) is 21.6. The zero-order valence-electron chi connectivity index (χ0n) is 34.3. The van der Waals surface area contributed by atoms with Crippen molar-refractivity contribution in [3.8, 4) is 27.9 Å². The third-order valence-electron chi connectivity index (χ3n) is 14.4. The van der Waals surface area contributed by atoms with Crippen LogP contribution in [0.4, 0.5) is 17.1 Å². The van der Waals surface area contributed by atoms with E-state index >= 15 is 0 Å². The van der Waals surface area contributed by atoms with Crippen LogP contribution in [-0.4, -0.2) is 4.57 Å². The van der Waals surface area contributed by atoms with Gasteiger partial charge in [-0.1, -0.05) is 137 Å². The van der Waals surface area contributed by atoms with E-state index in [2.05, 4.69) is 201 Å². The molecule has 0 N–H and O–H groups in total. The van der Waals surface area contributed by atoms with Gasteiger partial charge in [-0.25, -0.2) is 0 Å². The summed E-state index contributed by atoms with van der Waals surface area (Å²) in [4.78, 5) is 2.49. The summed E-state index contributed by atoms with van der Waals surface area (Å²) in [7, 11) is 0. The summed E-state index contributed by atoms with van der Waals surface area (Å²) in [5.41, 5.74) is 16.9. The smallest absolute Gasteiger partial charge is 0.0541 e. The van der Waals surface area contributed by atoms with E-state index in [9.17, 15) is 0 Å². The number of fused-ring (bicyclic) bond motifs is 8. The Bertz CT molecular complexity index is 2760. The maximum absolute atomic E-state index is 2.49. The minimum atomic E-state index is -0.0805. The fourth-order valence-electron chi connectivity index (χ4n) is 12.2. The van der Waals surface area contributed by atoms with Crippen LogP contribution in [0.3, 0.4) is 0 Å². The number of nitrogens with zero attached hydrogens (tertiary/aromatic N) is 2. The molecule has 0 aliphatic heterocycles. The standard InChI is InChI=1S/C56H52N2/c1-37-31-39-32-38(2)35-56(34-37,36-39)41-23-27-43(28-24-41)57(44-29-30-47-46-14-5-9-17-50(46)55(3,4)51(47)33-44)42-25-21-40(22-26-42)45-13-6-10-18-52(45)58-53-19-11-7-15-48(53)49-16-8-12-20-54(49)58/h5-30,33,37-39H,31-32,34-36H2,1-4H3/t37-,38-,39?,56?/m0/s1. The van der Waals surface area contributed by atoms with E-state index in [1.54, 1.807) is 5.56 Å². The second kappa shape index (κ2) is 13.3. The largest absolute Gasteiger partial charge is 0.310 e. The lowest BCUT2D eigenvalue weighted by Crippen LogP contribution is -2.42. The van der Waals surface area contributed by atoms with Crippen molar-refractivity contribution in [2.45, 2.75) is 70.6 Å². The maximum Gasteiger partial charge on any atom is 0.0541 e. The fourth-order valence-corrected chi connectivity index (χ4v) is 12.2. The first kappa shape index (κ1) is 35.3. The number of aromatic nitrogens is 1. The molecular formula is C56H52N2. The lowest BCUT2D eigenvalue weighted by Gasteiger charge is -2.50. The van der Waals surface area contributed by atoms with Crippen LogP contribution < -0.4 is 4.90 Å². The highest BCUT2D eigenvalue weighted by atomic mass is 15.1. The Morgan fingerprint density at radius 1 is 0.500 bits per heavy atom. The normalized spacial score (nSPS) is 21.8. The van der Waals surface area contributed by atoms with Gasteiger partial charge < -0.3 is 9.47 Å². The Kier molecular flexibility index (Phi) is 8.13. The van der Waals surface area contributed by atoms with E-state index in [1.165, 1.54) is 104 Å². The van der Waals surface area contributed by atoms with Gasteiger partial charge in [-0.3, -0.25) is 0 Å². The van der Waals surface area contributed by atoms with E-state index in [0.29, 0.717) is 5.41 Å². The Balaban J connectivity index is 1.02. The highest BCUT2D eigenvalue weighted by Crippen LogP contribution is 2.55. The summed E-state index contributed by atoms with van der Waals surface area (Å²) in [5, 5.41) is 2.56. The monoisotopic (exact) mass is 752 g/mol. The van der Waals surface area contributed by atoms with E-state index in [-0.39, 0.29) is 5.41 Å². The van der Waals surface area contributed by atoms with Crippen molar-refractivity contribution in [1.29, 1.82) is 0 Å². The van der Waals surface area contributed by atoms with Crippen LogP contribution in [0.5, 0.6) is 0 Å². The molecule has 0 saturated heterocycles. The lowest BCUT2D eigenvalue weighted by atomic mass is 9.54. The molecule has 2 saturated carbocycles. The number of hydrogen-bond acceptors (Lipinski definition) is 1. The predicted molar refractivity (Wildman–Crippen MR) is 245 cm³/mol. The molecule has 0 radical (unpaired) electrons. The summed E-state index contributed by atoms with van der Waals surface area (Å²) >= 11 is 0. The van der Waals surface area contributed by atoms with Gasteiger partial charge in [-0.2, -0.15) is 0 Å². The van der Waals surface area contributed by atoms with Gasteiger partial charge in [0.15, 0.2) is 0 Å². The minimum absolute atomic E-state index is 0.0805. The molecule has 2 heteroatoms. The molecule has 11 rings (SSSR count). The summed E-state index contributed by atoms with van der Waals surface area (Å²) in [6, 6.07) is 61.7. The van der Waals surface area contributed by atoms with Crippen molar-refractivity contribution >= 4 is 38.9 Å². The summed E-state index contributed by atoms with van der Waals surface area (Å²) in [6.45, 7) is 9.75. The molecule has 1 aromatic heterocycles. The summed E-state index contributed by atoms with van der Waals surface area (Å²) in [5.74, 6) is 2.45. The number of benzene rings is 7. The number of rotatable bonds is 6. The Morgan fingerprint density at radius 3 is 1.71 bits per heavy atom. The number of hydrogen-bond donors (Lipinski definition) is 0. The molecule has 1 heterocycles. The average Bonchev–Trinajstić information content (AvgIpc) is 3.69. The third kappa shape index (κ3) is 5.52.